The maximum Gasteiger partial charge on any atom is 0.257 e. The van der Waals surface area contributed by atoms with E-state index in [0.717, 1.165) is 68.0 Å². The molecule has 0 aromatic carbocycles. The Kier molecular flexibility index (Phi) is 5.02. The summed E-state index contributed by atoms with van der Waals surface area (Å²) in [5.41, 5.74) is 3.79. The summed E-state index contributed by atoms with van der Waals surface area (Å²) in [6.07, 6.45) is 5.99. The van der Waals surface area contributed by atoms with Gasteiger partial charge >= 0.3 is 0 Å². The first-order valence-corrected chi connectivity index (χ1v) is 8.91. The highest BCUT2D eigenvalue weighted by atomic mass is 16.2. The van der Waals surface area contributed by atoms with Gasteiger partial charge in [-0.3, -0.25) is 14.6 Å². The molecule has 0 radical (unpaired) electrons. The predicted octanol–water partition coefficient (Wildman–Crippen LogP) is 2.73. The number of piperidine rings is 1. The fourth-order valence-electron chi connectivity index (χ4n) is 3.72. The molecule has 0 saturated carbocycles. The normalized spacial score (nSPS) is 18.1. The number of aromatic nitrogens is 4. The van der Waals surface area contributed by atoms with Gasteiger partial charge in [0, 0.05) is 37.2 Å². The number of hydrogen-bond donors (Lipinski definition) is 1. The molecule has 1 aliphatic rings. The maximum atomic E-state index is 13.1. The topological polar surface area (TPSA) is 66.8 Å². The molecule has 1 aliphatic heterocycles. The van der Waals surface area contributed by atoms with E-state index >= 15 is 0 Å². The smallest absolute Gasteiger partial charge is 0.257 e. The second-order valence-corrected chi connectivity index (χ2v) is 6.81. The van der Waals surface area contributed by atoms with Gasteiger partial charge in [-0.05, 0) is 51.5 Å². The second kappa shape index (κ2) is 7.20. The van der Waals surface area contributed by atoms with Gasteiger partial charge in [0.05, 0.1) is 11.3 Å². The molecule has 0 unspecified atom stereocenters. The Hall–Kier alpha value is -2.11. The average Bonchev–Trinajstić information content (AvgIpc) is 3.16. The van der Waals surface area contributed by atoms with Crippen molar-refractivity contribution in [1.29, 1.82) is 0 Å². The molecule has 6 heteroatoms. The van der Waals surface area contributed by atoms with Crippen LogP contribution < -0.4 is 0 Å². The van der Waals surface area contributed by atoms with Gasteiger partial charge in [0.15, 0.2) is 0 Å². The molecule has 1 atom stereocenters. The van der Waals surface area contributed by atoms with Crippen LogP contribution in [0.5, 0.6) is 0 Å². The number of amides is 1. The Bertz CT molecular complexity index is 689. The van der Waals surface area contributed by atoms with Gasteiger partial charge < -0.3 is 4.90 Å². The second-order valence-electron chi connectivity index (χ2n) is 6.81. The van der Waals surface area contributed by atoms with Crippen LogP contribution in [0.4, 0.5) is 0 Å². The molecule has 0 spiro atoms. The van der Waals surface area contributed by atoms with Gasteiger partial charge in [-0.25, -0.2) is 0 Å². The highest BCUT2D eigenvalue weighted by Crippen LogP contribution is 2.23. The van der Waals surface area contributed by atoms with Crippen LogP contribution in [0.25, 0.3) is 0 Å². The van der Waals surface area contributed by atoms with Crippen molar-refractivity contribution >= 4 is 5.91 Å². The van der Waals surface area contributed by atoms with E-state index < -0.39 is 0 Å². The van der Waals surface area contributed by atoms with E-state index in [1.54, 1.807) is 6.20 Å². The standard InChI is InChI=1S/C18H27N5O/c1-4-9-23-14(3)17(13(2)21-23)18(24)22-10-5-6-15(12-22)11-16-7-8-19-20-16/h7-8,15H,4-6,9-12H2,1-3H3,(H,19,20)/t15-/m0/s1. The van der Waals surface area contributed by atoms with Crippen molar-refractivity contribution in [2.75, 3.05) is 13.1 Å². The Morgan fingerprint density at radius 1 is 1.42 bits per heavy atom. The molecule has 1 saturated heterocycles. The van der Waals surface area contributed by atoms with Crippen molar-refractivity contribution in [3.8, 4) is 0 Å². The Labute approximate surface area is 143 Å². The minimum absolute atomic E-state index is 0.140. The third-order valence-corrected chi connectivity index (χ3v) is 4.90. The largest absolute Gasteiger partial charge is 0.338 e. The molecule has 2 aromatic heterocycles. The van der Waals surface area contributed by atoms with E-state index in [-0.39, 0.29) is 5.91 Å². The van der Waals surface area contributed by atoms with Crippen LogP contribution in [0.3, 0.4) is 0 Å². The molecular weight excluding hydrogens is 302 g/mol. The zero-order valence-electron chi connectivity index (χ0n) is 14.9. The third kappa shape index (κ3) is 3.37. The fourth-order valence-corrected chi connectivity index (χ4v) is 3.72. The fraction of sp³-hybridized carbons (Fsp3) is 0.611. The lowest BCUT2D eigenvalue weighted by atomic mass is 9.93. The molecule has 130 valence electrons. The third-order valence-electron chi connectivity index (χ3n) is 4.90. The minimum Gasteiger partial charge on any atom is -0.338 e. The van der Waals surface area contributed by atoms with Crippen molar-refractivity contribution in [3.05, 3.63) is 34.9 Å². The Morgan fingerprint density at radius 2 is 2.25 bits per heavy atom. The van der Waals surface area contributed by atoms with Crippen molar-refractivity contribution in [2.45, 2.75) is 53.0 Å². The lowest BCUT2D eigenvalue weighted by molar-refractivity contribution is 0.0671. The summed E-state index contributed by atoms with van der Waals surface area (Å²) in [5.74, 6) is 0.635. The van der Waals surface area contributed by atoms with E-state index in [2.05, 4.69) is 22.2 Å². The number of aryl methyl sites for hydroxylation is 2. The number of rotatable bonds is 5. The van der Waals surface area contributed by atoms with Crippen molar-refractivity contribution < 1.29 is 4.79 Å². The molecular formula is C18H27N5O. The zero-order valence-corrected chi connectivity index (χ0v) is 14.9. The number of H-pyrrole nitrogens is 1. The monoisotopic (exact) mass is 329 g/mol. The Balaban J connectivity index is 1.72. The van der Waals surface area contributed by atoms with Gasteiger partial charge in [-0.1, -0.05) is 6.92 Å². The molecule has 3 heterocycles. The summed E-state index contributed by atoms with van der Waals surface area (Å²) in [6, 6.07) is 2.02. The van der Waals surface area contributed by atoms with Crippen LogP contribution in [0, 0.1) is 19.8 Å². The molecule has 3 rings (SSSR count). The van der Waals surface area contributed by atoms with Gasteiger partial charge in [-0.2, -0.15) is 10.2 Å². The molecule has 6 nitrogen and oxygen atoms in total. The molecule has 1 amide bonds. The SMILES string of the molecule is CCCn1nc(C)c(C(=O)N2CCC[C@@H](Cc3ccn[nH]3)C2)c1C. The number of carbonyl (C=O) groups excluding carboxylic acids is 1. The van der Waals surface area contributed by atoms with E-state index in [4.69, 9.17) is 0 Å². The van der Waals surface area contributed by atoms with E-state index in [0.29, 0.717) is 5.92 Å². The van der Waals surface area contributed by atoms with Crippen LogP contribution >= 0.6 is 0 Å². The molecule has 0 bridgehead atoms. The number of nitrogens with one attached hydrogen (secondary N) is 1. The van der Waals surface area contributed by atoms with Gasteiger partial charge in [-0.15, -0.1) is 0 Å². The van der Waals surface area contributed by atoms with Crippen LogP contribution in [0.15, 0.2) is 12.3 Å². The number of hydrogen-bond acceptors (Lipinski definition) is 3. The maximum absolute atomic E-state index is 13.1. The number of nitrogens with zero attached hydrogens (tertiary/aromatic N) is 4. The molecule has 1 fully saturated rings. The quantitative estimate of drug-likeness (QED) is 0.917. The lowest BCUT2D eigenvalue weighted by Crippen LogP contribution is -2.41. The Morgan fingerprint density at radius 3 is 2.96 bits per heavy atom. The first kappa shape index (κ1) is 16.7. The number of aromatic amines is 1. The minimum atomic E-state index is 0.140. The highest BCUT2D eigenvalue weighted by molar-refractivity contribution is 5.96. The lowest BCUT2D eigenvalue weighted by Gasteiger charge is -2.32. The predicted molar refractivity (Wildman–Crippen MR) is 92.9 cm³/mol. The van der Waals surface area contributed by atoms with Gasteiger partial charge in [0.1, 0.15) is 0 Å². The molecule has 1 N–H and O–H groups in total. The van der Waals surface area contributed by atoms with Crippen LogP contribution in [0.2, 0.25) is 0 Å². The van der Waals surface area contributed by atoms with Gasteiger partial charge in [0.25, 0.3) is 5.91 Å². The number of likely N-dealkylation sites (tertiary alicyclic amines) is 1. The van der Waals surface area contributed by atoms with Gasteiger partial charge in [0.2, 0.25) is 0 Å². The number of carbonyl (C=O) groups is 1. The van der Waals surface area contributed by atoms with E-state index in [9.17, 15) is 4.79 Å². The van der Waals surface area contributed by atoms with E-state index in [1.807, 2.05) is 29.5 Å². The first-order chi connectivity index (χ1) is 11.6. The highest BCUT2D eigenvalue weighted by Gasteiger charge is 2.28. The van der Waals surface area contributed by atoms with E-state index in [1.165, 1.54) is 0 Å². The summed E-state index contributed by atoms with van der Waals surface area (Å²) in [6.45, 7) is 8.60. The molecule has 24 heavy (non-hydrogen) atoms. The van der Waals surface area contributed by atoms with Crippen LogP contribution in [-0.2, 0) is 13.0 Å². The summed E-state index contributed by atoms with van der Waals surface area (Å²) >= 11 is 0. The summed E-state index contributed by atoms with van der Waals surface area (Å²) in [5, 5.41) is 11.6. The van der Waals surface area contributed by atoms with Crippen molar-refractivity contribution in [2.24, 2.45) is 5.92 Å². The average molecular weight is 329 g/mol. The summed E-state index contributed by atoms with van der Waals surface area (Å²) in [4.78, 5) is 15.1. The van der Waals surface area contributed by atoms with Crippen molar-refractivity contribution in [1.82, 2.24) is 24.9 Å². The summed E-state index contributed by atoms with van der Waals surface area (Å²) in [7, 11) is 0. The molecule has 2 aromatic rings. The van der Waals surface area contributed by atoms with Crippen LogP contribution in [-0.4, -0.2) is 43.9 Å². The summed E-state index contributed by atoms with van der Waals surface area (Å²) < 4.78 is 1.97. The van der Waals surface area contributed by atoms with Crippen molar-refractivity contribution in [3.63, 3.8) is 0 Å². The molecule has 0 aliphatic carbocycles. The van der Waals surface area contributed by atoms with Crippen LogP contribution in [0.1, 0.15) is 53.6 Å². The first-order valence-electron chi connectivity index (χ1n) is 8.91. The zero-order chi connectivity index (χ0) is 17.1.